The largest absolute Gasteiger partial charge is 0.311 e. The Kier molecular flexibility index (Phi) is 7.06. The van der Waals surface area contributed by atoms with Gasteiger partial charge in [0.05, 0.1) is 11.1 Å². The number of para-hydroxylation sites is 2. The van der Waals surface area contributed by atoms with Crippen molar-refractivity contribution in [3.8, 4) is 22.3 Å². The van der Waals surface area contributed by atoms with Gasteiger partial charge >= 0.3 is 0 Å². The van der Waals surface area contributed by atoms with Crippen molar-refractivity contribution < 1.29 is 0 Å². The lowest BCUT2D eigenvalue weighted by Crippen LogP contribution is -2.60. The molecular formula is C57H43BN2S. The highest BCUT2D eigenvalue weighted by molar-refractivity contribution is 7.33. The third-order valence-corrected chi connectivity index (χ3v) is 15.3. The Bertz CT molecular complexity index is 3290. The number of anilines is 6. The molecule has 1 spiro atoms. The lowest BCUT2D eigenvalue weighted by atomic mass is 9.36. The number of fused-ring (bicyclic) bond motifs is 16. The first-order valence-corrected chi connectivity index (χ1v) is 22.4. The first kappa shape index (κ1) is 35.2. The van der Waals surface area contributed by atoms with Crippen LogP contribution in [0.3, 0.4) is 0 Å². The average molecular weight is 799 g/mol. The Labute approximate surface area is 362 Å². The molecule has 0 atom stereocenters. The van der Waals surface area contributed by atoms with E-state index in [-0.39, 0.29) is 12.1 Å². The molecule has 9 aromatic rings. The molecule has 0 amide bonds. The van der Waals surface area contributed by atoms with E-state index in [1.807, 2.05) is 11.3 Å². The zero-order chi connectivity index (χ0) is 40.9. The van der Waals surface area contributed by atoms with Crippen LogP contribution in [0.4, 0.5) is 34.1 Å². The second-order valence-electron chi connectivity index (χ2n) is 18.6. The van der Waals surface area contributed by atoms with Gasteiger partial charge in [-0.1, -0.05) is 142 Å². The van der Waals surface area contributed by atoms with Crippen molar-refractivity contribution in [1.29, 1.82) is 0 Å². The fraction of sp³-hybridized carbons (Fsp3) is 0.123. The first-order valence-electron chi connectivity index (χ1n) is 21.6. The number of thiophene rings is 1. The van der Waals surface area contributed by atoms with Gasteiger partial charge in [-0.25, -0.2) is 0 Å². The molecule has 3 heterocycles. The minimum Gasteiger partial charge on any atom is -0.311 e. The molecule has 0 saturated carbocycles. The van der Waals surface area contributed by atoms with E-state index in [4.69, 9.17) is 0 Å². The summed E-state index contributed by atoms with van der Waals surface area (Å²) < 4.78 is 2.73. The highest BCUT2D eigenvalue weighted by Gasteiger charge is 2.53. The van der Waals surface area contributed by atoms with Crippen LogP contribution in [0.5, 0.6) is 0 Å². The van der Waals surface area contributed by atoms with E-state index in [1.165, 1.54) is 121 Å². The molecule has 0 saturated heterocycles. The topological polar surface area (TPSA) is 6.48 Å². The Morgan fingerprint density at radius 2 is 1.10 bits per heavy atom. The van der Waals surface area contributed by atoms with Gasteiger partial charge in [0, 0.05) is 43.3 Å². The number of nitrogens with zero attached hydrogens (tertiary/aromatic N) is 2. The number of hydrogen-bond acceptors (Lipinski definition) is 3. The number of hydrogen-bond donors (Lipinski definition) is 0. The molecule has 2 aliphatic carbocycles. The van der Waals surface area contributed by atoms with Gasteiger partial charge in [0.15, 0.2) is 0 Å². The van der Waals surface area contributed by atoms with Crippen molar-refractivity contribution >= 4 is 78.0 Å². The van der Waals surface area contributed by atoms with Crippen LogP contribution >= 0.6 is 11.3 Å². The van der Waals surface area contributed by atoms with Crippen LogP contribution in [0.1, 0.15) is 59.7 Å². The molecule has 0 N–H and O–H groups in total. The van der Waals surface area contributed by atoms with Crippen molar-refractivity contribution in [1.82, 2.24) is 0 Å². The van der Waals surface area contributed by atoms with E-state index in [1.54, 1.807) is 0 Å². The standard InChI is InChI=1S/C57H43BN2S/c1-34-23-28-41-42-33-52-43(32-47(42)57(46(41)29-34)44-19-11-9-17-39(44)40-18-10-12-20-45(40)57)54-55(61-52)58-48-21-13-14-22-49(48)59(38-26-24-36(25-27-38)56(3,4)5)50-30-35(2)31-51(53(50)58)60(54)37-15-7-6-8-16-37/h6-33H,1-5H3. The van der Waals surface area contributed by atoms with Gasteiger partial charge in [0.1, 0.15) is 0 Å². The smallest absolute Gasteiger partial charge is 0.264 e. The highest BCUT2D eigenvalue weighted by atomic mass is 32.1. The summed E-state index contributed by atoms with van der Waals surface area (Å²) >= 11 is 1.99. The van der Waals surface area contributed by atoms with E-state index in [9.17, 15) is 0 Å². The second-order valence-corrected chi connectivity index (χ2v) is 19.7. The van der Waals surface area contributed by atoms with Crippen LogP contribution in [0.25, 0.3) is 32.3 Å². The minimum atomic E-state index is -0.415. The summed E-state index contributed by atoms with van der Waals surface area (Å²) in [5.41, 5.74) is 24.6. The van der Waals surface area contributed by atoms with Crippen LogP contribution in [-0.2, 0) is 10.8 Å². The molecule has 0 radical (unpaired) electrons. The zero-order valence-corrected chi connectivity index (χ0v) is 35.9. The SMILES string of the molecule is Cc1cc2c3c(c1)N(c1ccccc1)c1c(sc4cc5c(cc14)C1(c4ccccc4-c4ccccc41)c1cc(C)ccc1-5)B3c1ccccc1N2c1ccc(C(C)(C)C)cc1. The summed E-state index contributed by atoms with van der Waals surface area (Å²) in [6.07, 6.45) is 0. The third-order valence-electron chi connectivity index (χ3n) is 14.1. The number of aryl methyl sites for hydroxylation is 2. The summed E-state index contributed by atoms with van der Waals surface area (Å²) in [7, 11) is 0. The third kappa shape index (κ3) is 4.58. The number of rotatable bonds is 2. The van der Waals surface area contributed by atoms with Gasteiger partial charge < -0.3 is 9.80 Å². The van der Waals surface area contributed by atoms with Crippen molar-refractivity contribution in [2.45, 2.75) is 45.4 Å². The van der Waals surface area contributed by atoms with Gasteiger partial charge in [-0.3, -0.25) is 0 Å². The van der Waals surface area contributed by atoms with Crippen molar-refractivity contribution in [3.63, 3.8) is 0 Å². The summed E-state index contributed by atoms with van der Waals surface area (Å²) in [4.78, 5) is 5.13. The molecule has 0 bridgehead atoms. The van der Waals surface area contributed by atoms with E-state index in [0.717, 1.165) is 0 Å². The molecule has 2 aliphatic heterocycles. The van der Waals surface area contributed by atoms with Crippen LogP contribution in [0, 0.1) is 13.8 Å². The van der Waals surface area contributed by atoms with Gasteiger partial charge in [0.2, 0.25) is 0 Å². The van der Waals surface area contributed by atoms with Crippen LogP contribution in [0.15, 0.2) is 170 Å². The van der Waals surface area contributed by atoms with Crippen molar-refractivity contribution in [2.24, 2.45) is 0 Å². The monoisotopic (exact) mass is 798 g/mol. The predicted molar refractivity (Wildman–Crippen MR) is 260 cm³/mol. The maximum absolute atomic E-state index is 2.61. The van der Waals surface area contributed by atoms with E-state index >= 15 is 0 Å². The molecule has 61 heavy (non-hydrogen) atoms. The summed E-state index contributed by atoms with van der Waals surface area (Å²) in [6, 6.07) is 65.1. The van der Waals surface area contributed by atoms with E-state index < -0.39 is 5.41 Å². The molecule has 290 valence electrons. The second kappa shape index (κ2) is 12.2. The molecule has 0 unspecified atom stereocenters. The first-order chi connectivity index (χ1) is 29.7. The molecule has 8 aromatic carbocycles. The van der Waals surface area contributed by atoms with Gasteiger partial charge in [-0.05, 0) is 140 Å². The predicted octanol–water partition coefficient (Wildman–Crippen LogP) is 13.2. The summed E-state index contributed by atoms with van der Waals surface area (Å²) in [5.74, 6) is 0. The maximum Gasteiger partial charge on any atom is 0.264 e. The molecule has 0 fully saturated rings. The normalized spacial score (nSPS) is 14.7. The fourth-order valence-corrected chi connectivity index (χ4v) is 12.9. The minimum absolute atomic E-state index is 0.0745. The van der Waals surface area contributed by atoms with E-state index in [2.05, 4.69) is 214 Å². The molecule has 2 nitrogen and oxygen atoms in total. The molecule has 1 aromatic heterocycles. The van der Waals surface area contributed by atoms with Crippen LogP contribution in [-0.4, -0.2) is 6.71 Å². The van der Waals surface area contributed by atoms with E-state index in [0.29, 0.717) is 0 Å². The zero-order valence-electron chi connectivity index (χ0n) is 35.0. The Morgan fingerprint density at radius 1 is 0.492 bits per heavy atom. The Balaban J connectivity index is 1.13. The molecule has 4 heteroatoms. The van der Waals surface area contributed by atoms with Crippen LogP contribution < -0.4 is 25.5 Å². The fourth-order valence-electron chi connectivity index (χ4n) is 11.5. The lowest BCUT2D eigenvalue weighted by Gasteiger charge is -2.43. The average Bonchev–Trinajstić information content (AvgIpc) is 3.89. The maximum atomic E-state index is 2.61. The molecule has 13 rings (SSSR count). The number of benzene rings is 8. The van der Waals surface area contributed by atoms with Gasteiger partial charge in [-0.15, -0.1) is 11.3 Å². The Morgan fingerprint density at radius 3 is 1.82 bits per heavy atom. The molecule has 4 aliphatic rings. The van der Waals surface area contributed by atoms with Crippen molar-refractivity contribution in [2.75, 3.05) is 9.80 Å². The van der Waals surface area contributed by atoms with Gasteiger partial charge in [-0.2, -0.15) is 0 Å². The summed E-state index contributed by atoms with van der Waals surface area (Å²) in [6.45, 7) is 11.5. The summed E-state index contributed by atoms with van der Waals surface area (Å²) in [5, 5.41) is 1.32. The van der Waals surface area contributed by atoms with Gasteiger partial charge in [0.25, 0.3) is 6.71 Å². The molecular weight excluding hydrogens is 756 g/mol. The highest BCUT2D eigenvalue weighted by Crippen LogP contribution is 2.64. The van der Waals surface area contributed by atoms with Crippen LogP contribution in [0.2, 0.25) is 0 Å². The Hall–Kier alpha value is -6.62. The lowest BCUT2D eigenvalue weighted by molar-refractivity contribution is 0.590. The van der Waals surface area contributed by atoms with Crippen molar-refractivity contribution in [3.05, 3.63) is 209 Å². The quantitative estimate of drug-likeness (QED) is 0.161.